The van der Waals surface area contributed by atoms with Crippen molar-refractivity contribution in [1.29, 1.82) is 0 Å². The fourth-order valence-corrected chi connectivity index (χ4v) is 9.07. The highest BCUT2D eigenvalue weighted by Crippen LogP contribution is 2.18. The Balaban J connectivity index is 4.20. The number of ether oxygens (including phenoxy) is 3. The van der Waals surface area contributed by atoms with Crippen molar-refractivity contribution in [2.45, 2.75) is 342 Å². The molecule has 65 heavy (non-hydrogen) atoms. The van der Waals surface area contributed by atoms with Crippen LogP contribution in [0.15, 0.2) is 0 Å². The lowest BCUT2D eigenvalue weighted by atomic mass is 9.99. The Morgan fingerprint density at radius 1 is 0.308 bits per heavy atom. The van der Waals surface area contributed by atoms with Gasteiger partial charge in [0.1, 0.15) is 13.2 Å². The van der Waals surface area contributed by atoms with Crippen LogP contribution in [0.25, 0.3) is 0 Å². The third kappa shape index (κ3) is 51.6. The number of carbonyl (C=O) groups excluding carboxylic acids is 3. The zero-order chi connectivity index (χ0) is 47.4. The Morgan fingerprint density at radius 2 is 0.538 bits per heavy atom. The van der Waals surface area contributed by atoms with Crippen LogP contribution in [0, 0.1) is 5.92 Å². The van der Waals surface area contributed by atoms with E-state index in [1.807, 2.05) is 0 Å². The third-order valence-corrected chi connectivity index (χ3v) is 13.9. The Bertz CT molecular complexity index is 982. The van der Waals surface area contributed by atoms with Crippen LogP contribution in [0.4, 0.5) is 0 Å². The second-order valence-corrected chi connectivity index (χ2v) is 20.5. The summed E-state index contributed by atoms with van der Waals surface area (Å²) in [4.78, 5) is 38.1. The van der Waals surface area contributed by atoms with Crippen LogP contribution in [0.5, 0.6) is 0 Å². The van der Waals surface area contributed by atoms with Gasteiger partial charge in [0.2, 0.25) is 0 Å². The van der Waals surface area contributed by atoms with Gasteiger partial charge in [-0.05, 0) is 25.2 Å². The predicted molar refractivity (Wildman–Crippen MR) is 280 cm³/mol. The molecular formula is C59H114O6. The summed E-state index contributed by atoms with van der Waals surface area (Å²) in [5, 5.41) is 0. The highest BCUT2D eigenvalue weighted by Gasteiger charge is 2.19. The molecule has 0 bridgehead atoms. The van der Waals surface area contributed by atoms with E-state index in [0.29, 0.717) is 19.3 Å². The Kier molecular flexibility index (Phi) is 52.1. The Labute approximate surface area is 406 Å². The highest BCUT2D eigenvalue weighted by molar-refractivity contribution is 5.71. The van der Waals surface area contributed by atoms with Gasteiger partial charge in [-0.3, -0.25) is 14.4 Å². The number of carbonyl (C=O) groups is 3. The second kappa shape index (κ2) is 53.4. The molecule has 0 saturated heterocycles. The van der Waals surface area contributed by atoms with E-state index in [1.165, 1.54) is 231 Å². The van der Waals surface area contributed by atoms with Gasteiger partial charge in [-0.25, -0.2) is 0 Å². The van der Waals surface area contributed by atoms with Crippen molar-refractivity contribution in [2.24, 2.45) is 5.92 Å². The van der Waals surface area contributed by atoms with Gasteiger partial charge in [-0.2, -0.15) is 0 Å². The minimum absolute atomic E-state index is 0.0620. The molecule has 6 nitrogen and oxygen atoms in total. The van der Waals surface area contributed by atoms with E-state index in [-0.39, 0.29) is 31.1 Å². The standard InChI is InChI=1S/C59H114O6/c1-5-8-10-12-14-16-18-19-20-21-22-23-24-28-31-35-38-42-46-50-57(60)63-53-56(65-59(62)52-48-44-40-34-17-15-13-11-9-6-2)54-64-58(61)51-47-43-39-36-32-29-26-25-27-30-33-37-41-45-49-55(4)7-3/h55-56H,5-54H2,1-4H3/t55?,56-/m0/s1. The summed E-state index contributed by atoms with van der Waals surface area (Å²) in [6, 6.07) is 0. The van der Waals surface area contributed by atoms with E-state index < -0.39 is 6.10 Å². The van der Waals surface area contributed by atoms with Crippen molar-refractivity contribution in [1.82, 2.24) is 0 Å². The van der Waals surface area contributed by atoms with Gasteiger partial charge in [0, 0.05) is 19.3 Å². The fourth-order valence-electron chi connectivity index (χ4n) is 9.07. The van der Waals surface area contributed by atoms with Crippen LogP contribution < -0.4 is 0 Å². The lowest BCUT2D eigenvalue weighted by molar-refractivity contribution is -0.167. The maximum Gasteiger partial charge on any atom is 0.306 e. The van der Waals surface area contributed by atoms with E-state index in [1.54, 1.807) is 0 Å². The summed E-state index contributed by atoms with van der Waals surface area (Å²) in [5.74, 6) is 0.0588. The van der Waals surface area contributed by atoms with Gasteiger partial charge < -0.3 is 14.2 Å². The maximum atomic E-state index is 12.8. The molecule has 0 heterocycles. The first kappa shape index (κ1) is 63.4. The van der Waals surface area contributed by atoms with E-state index in [4.69, 9.17) is 14.2 Å². The summed E-state index contributed by atoms with van der Waals surface area (Å²) < 4.78 is 16.9. The van der Waals surface area contributed by atoms with Crippen LogP contribution >= 0.6 is 0 Å². The molecule has 0 radical (unpaired) electrons. The Hall–Kier alpha value is -1.59. The normalized spacial score (nSPS) is 12.4. The molecule has 0 saturated carbocycles. The molecule has 0 rings (SSSR count). The molecule has 0 aliphatic rings. The number of rotatable bonds is 54. The summed E-state index contributed by atoms with van der Waals surface area (Å²) in [6.45, 7) is 9.09. The zero-order valence-electron chi connectivity index (χ0n) is 44.5. The van der Waals surface area contributed by atoms with Gasteiger partial charge in [0.05, 0.1) is 0 Å². The molecule has 0 amide bonds. The van der Waals surface area contributed by atoms with Crippen molar-refractivity contribution in [3.8, 4) is 0 Å². The molecule has 0 aromatic rings. The monoisotopic (exact) mass is 919 g/mol. The molecule has 2 atom stereocenters. The molecule has 0 fully saturated rings. The van der Waals surface area contributed by atoms with Gasteiger partial charge in [0.15, 0.2) is 6.10 Å². The van der Waals surface area contributed by atoms with E-state index >= 15 is 0 Å². The number of unbranched alkanes of at least 4 members (excludes halogenated alkanes) is 40. The quantitative estimate of drug-likeness (QED) is 0.0344. The summed E-state index contributed by atoms with van der Waals surface area (Å²) >= 11 is 0. The van der Waals surface area contributed by atoms with Crippen LogP contribution in [-0.4, -0.2) is 37.2 Å². The fraction of sp³-hybridized carbons (Fsp3) is 0.949. The molecule has 0 aromatic carbocycles. The van der Waals surface area contributed by atoms with Crippen molar-refractivity contribution in [3.63, 3.8) is 0 Å². The average Bonchev–Trinajstić information content (AvgIpc) is 3.30. The first-order valence-electron chi connectivity index (χ1n) is 29.4. The number of hydrogen-bond acceptors (Lipinski definition) is 6. The summed E-state index contributed by atoms with van der Waals surface area (Å²) in [5.41, 5.74) is 0. The smallest absolute Gasteiger partial charge is 0.306 e. The molecule has 1 unspecified atom stereocenters. The topological polar surface area (TPSA) is 78.9 Å². The maximum absolute atomic E-state index is 12.8. The van der Waals surface area contributed by atoms with E-state index in [2.05, 4.69) is 27.7 Å². The minimum Gasteiger partial charge on any atom is -0.462 e. The van der Waals surface area contributed by atoms with Gasteiger partial charge in [0.25, 0.3) is 0 Å². The second-order valence-electron chi connectivity index (χ2n) is 20.5. The van der Waals surface area contributed by atoms with E-state index in [0.717, 1.165) is 63.7 Å². The SMILES string of the molecule is CCCCCCCCCCCCCCCCCCCCCC(=O)OC[C@@H](COC(=O)CCCCCCCCCCCCCCCCC(C)CC)OC(=O)CCCCCCCCCCCC. The molecule has 6 heteroatoms. The Morgan fingerprint density at radius 3 is 0.800 bits per heavy atom. The first-order valence-corrected chi connectivity index (χ1v) is 29.4. The van der Waals surface area contributed by atoms with Crippen LogP contribution in [-0.2, 0) is 28.6 Å². The summed E-state index contributed by atoms with van der Waals surface area (Å²) in [7, 11) is 0. The van der Waals surface area contributed by atoms with Crippen molar-refractivity contribution in [3.05, 3.63) is 0 Å². The first-order chi connectivity index (χ1) is 31.9. The largest absolute Gasteiger partial charge is 0.462 e. The van der Waals surface area contributed by atoms with Gasteiger partial charge >= 0.3 is 17.9 Å². The molecule has 386 valence electrons. The molecule has 0 N–H and O–H groups in total. The minimum atomic E-state index is -0.761. The lowest BCUT2D eigenvalue weighted by Gasteiger charge is -2.18. The van der Waals surface area contributed by atoms with Gasteiger partial charge in [-0.15, -0.1) is 0 Å². The van der Waals surface area contributed by atoms with Gasteiger partial charge in [-0.1, -0.05) is 297 Å². The summed E-state index contributed by atoms with van der Waals surface area (Å²) in [6.07, 6.45) is 58.1. The average molecular weight is 920 g/mol. The number of hydrogen-bond donors (Lipinski definition) is 0. The predicted octanol–water partition coefficient (Wildman–Crippen LogP) is 19.4. The van der Waals surface area contributed by atoms with Crippen LogP contribution in [0.3, 0.4) is 0 Å². The molecule has 0 aromatic heterocycles. The zero-order valence-corrected chi connectivity index (χ0v) is 44.5. The van der Waals surface area contributed by atoms with E-state index in [9.17, 15) is 14.4 Å². The molecule has 0 spiro atoms. The molecular weight excluding hydrogens is 805 g/mol. The third-order valence-electron chi connectivity index (χ3n) is 13.9. The van der Waals surface area contributed by atoms with Crippen molar-refractivity contribution < 1.29 is 28.6 Å². The number of esters is 3. The van der Waals surface area contributed by atoms with Crippen molar-refractivity contribution in [2.75, 3.05) is 13.2 Å². The molecule has 0 aliphatic carbocycles. The van der Waals surface area contributed by atoms with Crippen LogP contribution in [0.2, 0.25) is 0 Å². The molecule has 0 aliphatic heterocycles. The highest BCUT2D eigenvalue weighted by atomic mass is 16.6. The van der Waals surface area contributed by atoms with Crippen molar-refractivity contribution >= 4 is 17.9 Å². The van der Waals surface area contributed by atoms with Crippen LogP contribution in [0.1, 0.15) is 336 Å². The lowest BCUT2D eigenvalue weighted by Crippen LogP contribution is -2.30.